The van der Waals surface area contributed by atoms with Gasteiger partial charge in [0.15, 0.2) is 5.60 Å². The summed E-state index contributed by atoms with van der Waals surface area (Å²) in [5, 5.41) is 45.2. The van der Waals surface area contributed by atoms with Gasteiger partial charge in [0.2, 0.25) is 11.8 Å². The second-order valence-corrected chi connectivity index (χ2v) is 9.82. The van der Waals surface area contributed by atoms with E-state index in [1.807, 2.05) is 0 Å². The van der Waals surface area contributed by atoms with E-state index >= 15 is 0 Å². The van der Waals surface area contributed by atoms with E-state index < -0.39 is 48.0 Å². The smallest absolute Gasteiger partial charge is 0.336 e. The average Bonchev–Trinajstić information content (AvgIpc) is 2.92. The molecule has 0 bridgehead atoms. The maximum atomic E-state index is 12.2. The summed E-state index contributed by atoms with van der Waals surface area (Å²) in [5.41, 5.74) is -2.66. The number of nitrogens with one attached hydrogen (secondary N) is 2. The lowest BCUT2D eigenvalue weighted by Gasteiger charge is -2.22. The highest BCUT2D eigenvalue weighted by Crippen LogP contribution is 2.16. The van der Waals surface area contributed by atoms with Crippen LogP contribution in [0, 0.1) is 0 Å². The van der Waals surface area contributed by atoms with E-state index in [0.29, 0.717) is 10.1 Å². The first kappa shape index (κ1) is 37.7. The molecular formula is C28H48N4O9. The van der Waals surface area contributed by atoms with Crippen molar-refractivity contribution in [1.29, 1.82) is 0 Å². The van der Waals surface area contributed by atoms with Gasteiger partial charge in [-0.05, 0) is 38.5 Å². The van der Waals surface area contributed by atoms with Crippen molar-refractivity contribution in [1.82, 2.24) is 20.8 Å². The monoisotopic (exact) mass is 584 g/mol. The lowest BCUT2D eigenvalue weighted by atomic mass is 9.94. The Hall–Kier alpha value is -3.29. The third kappa shape index (κ3) is 18.6. The molecule has 0 aromatic rings. The molecule has 0 rings (SSSR count). The molecule has 4 amide bonds. The number of carbonyl (C=O) groups excluding carboxylic acids is 4. The average molecular weight is 585 g/mol. The Morgan fingerprint density at radius 1 is 0.683 bits per heavy atom. The van der Waals surface area contributed by atoms with Crippen LogP contribution in [-0.2, 0) is 24.0 Å². The van der Waals surface area contributed by atoms with Crippen LogP contribution in [0.15, 0.2) is 24.3 Å². The fourth-order valence-electron chi connectivity index (χ4n) is 3.57. The first-order valence-corrected chi connectivity index (χ1v) is 14.3. The lowest BCUT2D eigenvalue weighted by molar-refractivity contribution is -0.164. The van der Waals surface area contributed by atoms with Crippen LogP contribution in [-0.4, -0.2) is 92.1 Å². The Morgan fingerprint density at radius 3 is 1.41 bits per heavy atom. The van der Waals surface area contributed by atoms with E-state index in [2.05, 4.69) is 24.5 Å². The molecule has 0 saturated carbocycles. The van der Waals surface area contributed by atoms with Gasteiger partial charge in [-0.1, -0.05) is 51.7 Å². The SMILES string of the molecule is CCCCC/C=C/C(=O)N(O)CCCNC(=O)CC(O)(CC(=O)NCCCN(O)C(=O)/C=C/CCCCC)C(=O)O. The number of unbranched alkanes of at least 4 members (excludes halogenated alkanes) is 6. The largest absolute Gasteiger partial charge is 0.479 e. The van der Waals surface area contributed by atoms with Gasteiger partial charge in [-0.25, -0.2) is 14.9 Å². The molecule has 0 radical (unpaired) electrons. The van der Waals surface area contributed by atoms with Crippen LogP contribution < -0.4 is 10.6 Å². The number of hydrogen-bond acceptors (Lipinski definition) is 8. The number of aliphatic carboxylic acids is 1. The second kappa shape index (κ2) is 22.4. The highest BCUT2D eigenvalue weighted by atomic mass is 16.5. The minimum absolute atomic E-state index is 0.00437. The minimum atomic E-state index is -2.66. The third-order valence-corrected chi connectivity index (χ3v) is 6.02. The second-order valence-electron chi connectivity index (χ2n) is 9.82. The quantitative estimate of drug-likeness (QED) is 0.0452. The van der Waals surface area contributed by atoms with Gasteiger partial charge in [0.05, 0.1) is 25.9 Å². The van der Waals surface area contributed by atoms with Crippen molar-refractivity contribution in [2.45, 2.75) is 96.5 Å². The van der Waals surface area contributed by atoms with Crippen molar-refractivity contribution in [3.63, 3.8) is 0 Å². The Bertz CT molecular complexity index is 817. The van der Waals surface area contributed by atoms with Gasteiger partial charge in [-0.3, -0.25) is 29.6 Å². The number of hydroxylamine groups is 4. The number of rotatable bonds is 23. The van der Waals surface area contributed by atoms with Crippen molar-refractivity contribution in [3.8, 4) is 0 Å². The molecule has 0 atom stereocenters. The molecule has 0 aliphatic rings. The van der Waals surface area contributed by atoms with Gasteiger partial charge < -0.3 is 20.8 Å². The van der Waals surface area contributed by atoms with Crippen molar-refractivity contribution in [2.75, 3.05) is 26.2 Å². The van der Waals surface area contributed by atoms with Crippen molar-refractivity contribution in [2.24, 2.45) is 0 Å². The summed E-state index contributed by atoms with van der Waals surface area (Å²) >= 11 is 0. The molecule has 0 aromatic carbocycles. The molecule has 234 valence electrons. The topological polar surface area (TPSA) is 197 Å². The molecule has 13 heteroatoms. The highest BCUT2D eigenvalue weighted by Gasteiger charge is 2.40. The highest BCUT2D eigenvalue weighted by molar-refractivity contribution is 5.91. The molecule has 0 aliphatic carbocycles. The van der Waals surface area contributed by atoms with Crippen LogP contribution >= 0.6 is 0 Å². The number of amides is 4. The van der Waals surface area contributed by atoms with E-state index in [4.69, 9.17) is 0 Å². The number of nitrogens with zero attached hydrogens (tertiary/aromatic N) is 2. The number of hydrogen-bond donors (Lipinski definition) is 6. The van der Waals surface area contributed by atoms with Gasteiger partial charge in [0.1, 0.15) is 0 Å². The van der Waals surface area contributed by atoms with Crippen LogP contribution in [0.25, 0.3) is 0 Å². The van der Waals surface area contributed by atoms with Crippen molar-refractivity contribution < 1.29 is 44.6 Å². The molecule has 0 unspecified atom stereocenters. The summed E-state index contributed by atoms with van der Waals surface area (Å²) in [5.74, 6) is -4.59. The molecule has 0 fully saturated rings. The Balaban J connectivity index is 4.39. The summed E-state index contributed by atoms with van der Waals surface area (Å²) in [4.78, 5) is 59.6. The summed E-state index contributed by atoms with van der Waals surface area (Å²) in [6.45, 7) is 3.98. The van der Waals surface area contributed by atoms with E-state index in [0.717, 1.165) is 51.4 Å². The summed E-state index contributed by atoms with van der Waals surface area (Å²) in [6, 6.07) is 0. The summed E-state index contributed by atoms with van der Waals surface area (Å²) < 4.78 is 0. The number of aliphatic hydroxyl groups is 1. The molecule has 0 saturated heterocycles. The van der Waals surface area contributed by atoms with Crippen molar-refractivity contribution in [3.05, 3.63) is 24.3 Å². The minimum Gasteiger partial charge on any atom is -0.479 e. The predicted molar refractivity (Wildman–Crippen MR) is 151 cm³/mol. The number of carbonyl (C=O) groups is 5. The zero-order chi connectivity index (χ0) is 31.1. The van der Waals surface area contributed by atoms with Gasteiger partial charge in [-0.2, -0.15) is 0 Å². The summed E-state index contributed by atoms with van der Waals surface area (Å²) in [7, 11) is 0. The molecule has 0 spiro atoms. The molecular weight excluding hydrogens is 536 g/mol. The van der Waals surface area contributed by atoms with Crippen LogP contribution in [0.5, 0.6) is 0 Å². The molecule has 6 N–H and O–H groups in total. The zero-order valence-electron chi connectivity index (χ0n) is 24.3. The van der Waals surface area contributed by atoms with E-state index in [1.165, 1.54) is 12.2 Å². The fraction of sp³-hybridized carbons (Fsp3) is 0.679. The number of carboxylic acid groups (broad SMARTS) is 1. The van der Waals surface area contributed by atoms with E-state index in [9.17, 15) is 44.6 Å². The molecule has 0 aromatic heterocycles. The van der Waals surface area contributed by atoms with Crippen LogP contribution in [0.4, 0.5) is 0 Å². The molecule has 41 heavy (non-hydrogen) atoms. The molecule has 0 heterocycles. The van der Waals surface area contributed by atoms with Gasteiger partial charge in [-0.15, -0.1) is 0 Å². The third-order valence-electron chi connectivity index (χ3n) is 6.02. The van der Waals surface area contributed by atoms with Gasteiger partial charge in [0.25, 0.3) is 11.8 Å². The first-order valence-electron chi connectivity index (χ1n) is 14.3. The van der Waals surface area contributed by atoms with Crippen LogP contribution in [0.1, 0.15) is 90.9 Å². The maximum Gasteiger partial charge on any atom is 0.336 e. The van der Waals surface area contributed by atoms with Crippen LogP contribution in [0.3, 0.4) is 0 Å². The van der Waals surface area contributed by atoms with E-state index in [-0.39, 0.29) is 39.0 Å². The summed E-state index contributed by atoms with van der Waals surface area (Å²) in [6.07, 6.45) is 12.1. The standard InChI is InChI=1S/C28H48N4O9/c1-3-5-7-9-11-15-25(35)31(40)19-13-17-29-23(33)21-28(39,27(37)38)22-24(34)30-18-14-20-32(41)26(36)16-12-10-8-6-4-2/h11-12,15-16,39-41H,3-10,13-14,17-22H2,1-2H3,(H,29,33)(H,30,34)(H,37,38)/b15-11+,16-12+. The fourth-order valence-corrected chi connectivity index (χ4v) is 3.57. The van der Waals surface area contributed by atoms with E-state index in [1.54, 1.807) is 12.2 Å². The zero-order valence-corrected chi connectivity index (χ0v) is 24.3. The number of allylic oxidation sites excluding steroid dienone is 2. The Morgan fingerprint density at radius 2 is 1.07 bits per heavy atom. The molecule has 13 nitrogen and oxygen atoms in total. The maximum absolute atomic E-state index is 12.2. The van der Waals surface area contributed by atoms with Crippen molar-refractivity contribution >= 4 is 29.6 Å². The molecule has 0 aliphatic heterocycles. The van der Waals surface area contributed by atoms with Gasteiger partial charge in [0, 0.05) is 25.2 Å². The number of carboxylic acids is 1. The predicted octanol–water partition coefficient (Wildman–Crippen LogP) is 2.30. The Labute approximate surface area is 242 Å². The first-order chi connectivity index (χ1) is 19.5. The Kier molecular flexibility index (Phi) is 20.6. The normalized spacial score (nSPS) is 11.5. The lowest BCUT2D eigenvalue weighted by Crippen LogP contribution is -2.47. The van der Waals surface area contributed by atoms with Gasteiger partial charge >= 0.3 is 5.97 Å². The van der Waals surface area contributed by atoms with Crippen LogP contribution in [0.2, 0.25) is 0 Å².